The maximum absolute atomic E-state index is 6.38. The Morgan fingerprint density at radius 3 is 1.07 bits per heavy atom. The second kappa shape index (κ2) is 12.7. The molecule has 0 saturated carbocycles. The molecular formula is C52H34N6O2. The number of benzene rings is 6. The Balaban J connectivity index is 1.04. The van der Waals surface area contributed by atoms with Crippen LogP contribution in [0.3, 0.4) is 0 Å². The Hall–Kier alpha value is -8.10. The van der Waals surface area contributed by atoms with E-state index in [1.54, 1.807) is 0 Å². The molecule has 0 radical (unpaired) electrons. The summed E-state index contributed by atoms with van der Waals surface area (Å²) in [6, 6.07) is 62.8. The van der Waals surface area contributed by atoms with Crippen molar-refractivity contribution in [1.29, 1.82) is 0 Å². The van der Waals surface area contributed by atoms with E-state index in [9.17, 15) is 0 Å². The van der Waals surface area contributed by atoms with Crippen LogP contribution in [-0.2, 0) is 12.8 Å². The molecule has 4 aromatic heterocycles. The number of fused-ring (bicyclic) bond motifs is 11. The largest absolute Gasteiger partial charge is 0.453 e. The molecule has 0 fully saturated rings. The highest BCUT2D eigenvalue weighted by molar-refractivity contribution is 6.01. The summed E-state index contributed by atoms with van der Waals surface area (Å²) in [5.41, 5.74) is 10.9. The van der Waals surface area contributed by atoms with Gasteiger partial charge in [-0.1, -0.05) is 97.1 Å². The van der Waals surface area contributed by atoms with Crippen LogP contribution in [0.4, 0.5) is 34.4 Å². The lowest BCUT2D eigenvalue weighted by molar-refractivity contribution is 0.476. The Morgan fingerprint density at radius 1 is 0.333 bits per heavy atom. The van der Waals surface area contributed by atoms with E-state index in [-0.39, 0.29) is 0 Å². The number of aryl methyl sites for hydroxylation is 2. The summed E-state index contributed by atoms with van der Waals surface area (Å²) in [6.07, 6.45) is 1.81. The molecule has 6 aromatic carbocycles. The molecule has 8 heteroatoms. The summed E-state index contributed by atoms with van der Waals surface area (Å²) < 4.78 is 17.5. The molecule has 2 aliphatic heterocycles. The summed E-state index contributed by atoms with van der Waals surface area (Å²) in [5.74, 6) is 6.44. The smallest absolute Gasteiger partial charge is 0.151 e. The summed E-state index contributed by atoms with van der Waals surface area (Å²) >= 11 is 0. The molecule has 0 bridgehead atoms. The molecule has 13 rings (SSSR count). The molecule has 6 heterocycles. The molecule has 0 unspecified atom stereocenters. The van der Waals surface area contributed by atoms with Gasteiger partial charge in [-0.25, -0.2) is 9.97 Å². The van der Waals surface area contributed by atoms with Crippen LogP contribution in [-0.4, -0.2) is 19.1 Å². The van der Waals surface area contributed by atoms with Gasteiger partial charge in [0.05, 0.1) is 45.2 Å². The number of pyridine rings is 2. The van der Waals surface area contributed by atoms with E-state index < -0.39 is 0 Å². The normalized spacial score (nSPS) is 13.4. The summed E-state index contributed by atoms with van der Waals surface area (Å²) in [5, 5.41) is 2.46. The van der Waals surface area contributed by atoms with Crippen LogP contribution < -0.4 is 19.3 Å². The fraction of sp³-hybridized carbons (Fsp3) is 0.0385. The van der Waals surface area contributed by atoms with Gasteiger partial charge in [-0.2, -0.15) is 0 Å². The molecule has 0 saturated heterocycles. The molecule has 60 heavy (non-hydrogen) atoms. The first-order valence-corrected chi connectivity index (χ1v) is 20.3. The molecule has 10 aromatic rings. The standard InChI is InChI=1S/C52H34N6O2/c1-3-17-37-33(15-1)35-31-32-36-34-16-2-4-18-38(34)58(50-30-14-28-48(54-50)56-41-21-7-11-25-45(41)60-46-26-12-8-22-42(46)56)52(36)51(35)57(37)49-29-13-27-47(53-49)55-39-19-5-9-23-43(39)59-44-24-10-6-20-40(44)55/h1-30H,31-32H2. The van der Waals surface area contributed by atoms with Gasteiger partial charge in [0.1, 0.15) is 23.3 Å². The van der Waals surface area contributed by atoms with Crippen molar-refractivity contribution in [1.82, 2.24) is 19.1 Å². The van der Waals surface area contributed by atoms with Crippen LogP contribution in [0, 0.1) is 0 Å². The van der Waals surface area contributed by atoms with E-state index in [0.717, 1.165) is 104 Å². The van der Waals surface area contributed by atoms with Crippen molar-refractivity contribution < 1.29 is 9.47 Å². The van der Waals surface area contributed by atoms with Crippen LogP contribution in [0.5, 0.6) is 23.0 Å². The Bertz CT molecular complexity index is 3070. The maximum Gasteiger partial charge on any atom is 0.151 e. The molecule has 0 atom stereocenters. The van der Waals surface area contributed by atoms with Crippen molar-refractivity contribution in [3.05, 3.63) is 193 Å². The molecule has 0 spiro atoms. The number of nitrogens with zero attached hydrogens (tertiary/aromatic N) is 6. The minimum Gasteiger partial charge on any atom is -0.453 e. The number of para-hydroxylation sites is 10. The van der Waals surface area contributed by atoms with Gasteiger partial charge in [-0.3, -0.25) is 18.9 Å². The van der Waals surface area contributed by atoms with Gasteiger partial charge >= 0.3 is 0 Å². The third-order valence-corrected chi connectivity index (χ3v) is 12.0. The zero-order valence-corrected chi connectivity index (χ0v) is 32.2. The van der Waals surface area contributed by atoms with Gasteiger partial charge in [0.15, 0.2) is 23.0 Å². The first-order valence-electron chi connectivity index (χ1n) is 20.3. The zero-order valence-electron chi connectivity index (χ0n) is 32.2. The van der Waals surface area contributed by atoms with Crippen LogP contribution in [0.25, 0.3) is 44.8 Å². The van der Waals surface area contributed by atoms with Gasteiger partial charge in [-0.05, 0) is 109 Å². The minimum absolute atomic E-state index is 0.792. The number of hydrogen-bond acceptors (Lipinski definition) is 6. The second-order valence-electron chi connectivity index (χ2n) is 15.3. The lowest BCUT2D eigenvalue weighted by atomic mass is 9.92. The monoisotopic (exact) mass is 774 g/mol. The third kappa shape index (κ3) is 4.73. The molecule has 284 valence electrons. The lowest BCUT2D eigenvalue weighted by Crippen LogP contribution is -2.18. The predicted octanol–water partition coefficient (Wildman–Crippen LogP) is 13.3. The Morgan fingerprint density at radius 2 is 0.667 bits per heavy atom. The number of aromatic nitrogens is 4. The van der Waals surface area contributed by atoms with Gasteiger partial charge in [0, 0.05) is 10.8 Å². The summed E-state index contributed by atoms with van der Waals surface area (Å²) in [4.78, 5) is 15.5. The molecular weight excluding hydrogens is 741 g/mol. The SMILES string of the molecule is c1cc(N2c3ccccc3Oc3ccccc32)nc(-n2c3c(c4ccccc42)CCc2c-3n(-c3cccc(N4c5ccccc5Oc5ccccc54)n3)c3ccccc23)c1. The van der Waals surface area contributed by atoms with E-state index >= 15 is 0 Å². The maximum atomic E-state index is 6.38. The van der Waals surface area contributed by atoms with E-state index in [2.05, 4.69) is 128 Å². The highest BCUT2D eigenvalue weighted by atomic mass is 16.5. The molecule has 8 nitrogen and oxygen atoms in total. The fourth-order valence-electron chi connectivity index (χ4n) is 9.57. The van der Waals surface area contributed by atoms with Gasteiger partial charge in [-0.15, -0.1) is 0 Å². The minimum atomic E-state index is 0.792. The summed E-state index contributed by atoms with van der Waals surface area (Å²) in [6.45, 7) is 0. The fourth-order valence-corrected chi connectivity index (χ4v) is 9.57. The average Bonchev–Trinajstić information content (AvgIpc) is 3.83. The lowest BCUT2D eigenvalue weighted by Gasteiger charge is -2.32. The van der Waals surface area contributed by atoms with Gasteiger partial charge < -0.3 is 9.47 Å². The van der Waals surface area contributed by atoms with Crippen LogP contribution in [0.1, 0.15) is 11.1 Å². The first-order chi connectivity index (χ1) is 29.8. The topological polar surface area (TPSA) is 60.6 Å². The Labute approximate surface area is 345 Å². The van der Waals surface area contributed by atoms with Crippen molar-refractivity contribution in [2.24, 2.45) is 0 Å². The van der Waals surface area contributed by atoms with Crippen molar-refractivity contribution in [3.8, 4) is 46.0 Å². The Kier molecular flexibility index (Phi) is 6.97. The van der Waals surface area contributed by atoms with E-state index in [1.165, 1.54) is 21.9 Å². The molecule has 0 N–H and O–H groups in total. The van der Waals surface area contributed by atoms with Crippen LogP contribution in [0.15, 0.2) is 182 Å². The molecule has 0 amide bonds. The summed E-state index contributed by atoms with van der Waals surface area (Å²) in [7, 11) is 0. The second-order valence-corrected chi connectivity index (χ2v) is 15.3. The highest BCUT2D eigenvalue weighted by Gasteiger charge is 2.33. The van der Waals surface area contributed by atoms with Crippen molar-refractivity contribution in [2.75, 3.05) is 9.80 Å². The van der Waals surface area contributed by atoms with E-state index in [1.807, 2.05) is 72.8 Å². The van der Waals surface area contributed by atoms with Crippen molar-refractivity contribution in [3.63, 3.8) is 0 Å². The predicted molar refractivity (Wildman–Crippen MR) is 238 cm³/mol. The molecule has 1 aliphatic carbocycles. The van der Waals surface area contributed by atoms with Crippen LogP contribution >= 0.6 is 0 Å². The quantitative estimate of drug-likeness (QED) is 0.177. The van der Waals surface area contributed by atoms with Crippen LogP contribution in [0.2, 0.25) is 0 Å². The zero-order chi connectivity index (χ0) is 39.3. The third-order valence-electron chi connectivity index (χ3n) is 12.0. The first kappa shape index (κ1) is 32.9. The van der Waals surface area contributed by atoms with Gasteiger partial charge in [0.2, 0.25) is 0 Å². The van der Waals surface area contributed by atoms with Gasteiger partial charge in [0.25, 0.3) is 0 Å². The van der Waals surface area contributed by atoms with E-state index in [0.29, 0.717) is 0 Å². The number of hydrogen-bond donors (Lipinski definition) is 0. The number of ether oxygens (including phenoxy) is 2. The molecule has 3 aliphatic rings. The number of anilines is 6. The highest BCUT2D eigenvalue weighted by Crippen LogP contribution is 2.52. The van der Waals surface area contributed by atoms with E-state index in [4.69, 9.17) is 19.4 Å². The average molecular weight is 775 g/mol. The number of rotatable bonds is 4. The van der Waals surface area contributed by atoms with Crippen molar-refractivity contribution >= 4 is 56.2 Å². The van der Waals surface area contributed by atoms with Crippen molar-refractivity contribution in [2.45, 2.75) is 12.8 Å².